The van der Waals surface area contributed by atoms with E-state index in [0.717, 1.165) is 25.6 Å². The maximum absolute atomic E-state index is 14.0. The molecule has 0 radical (unpaired) electrons. The highest BCUT2D eigenvalue weighted by Crippen LogP contribution is 2.37. The number of methoxy groups -OCH3 is 1. The van der Waals surface area contributed by atoms with Crippen molar-refractivity contribution in [2.45, 2.75) is 26.3 Å². The van der Waals surface area contributed by atoms with Crippen LogP contribution in [-0.2, 0) is 0 Å². The Morgan fingerprint density at radius 2 is 2.14 bits per heavy atom. The van der Waals surface area contributed by atoms with Gasteiger partial charge in [-0.1, -0.05) is 13.8 Å². The highest BCUT2D eigenvalue weighted by molar-refractivity contribution is 5.67. The van der Waals surface area contributed by atoms with Gasteiger partial charge in [-0.25, -0.2) is 0 Å². The summed E-state index contributed by atoms with van der Waals surface area (Å²) in [5, 5.41) is 11.2. The van der Waals surface area contributed by atoms with Crippen molar-refractivity contribution in [2.24, 2.45) is 0 Å². The molecule has 1 fully saturated rings. The van der Waals surface area contributed by atoms with Crippen molar-refractivity contribution in [3.8, 4) is 5.75 Å². The minimum Gasteiger partial charge on any atom is -0.497 e. The van der Waals surface area contributed by atoms with E-state index >= 15 is 0 Å². The van der Waals surface area contributed by atoms with Crippen LogP contribution in [0.4, 0.5) is 15.8 Å². The molecule has 7 heteroatoms. The molecule has 0 N–H and O–H groups in total. The fourth-order valence-electron chi connectivity index (χ4n) is 3.10. The Labute approximate surface area is 129 Å². The number of nitro benzene ring substituents is 1. The topological polar surface area (TPSA) is 58.8 Å². The minimum atomic E-state index is -0.856. The lowest BCUT2D eigenvalue weighted by molar-refractivity contribution is -0.386. The molecule has 0 aromatic heterocycles. The van der Waals surface area contributed by atoms with E-state index < -0.39 is 16.4 Å². The van der Waals surface area contributed by atoms with E-state index in [1.165, 1.54) is 7.11 Å². The number of nitrogens with zero attached hydrogens (tertiary/aromatic N) is 3. The number of ether oxygens (including phenoxy) is 1. The summed E-state index contributed by atoms with van der Waals surface area (Å²) in [6.45, 7) is 7.40. The maximum atomic E-state index is 14.0. The monoisotopic (exact) mass is 311 g/mol. The predicted octanol–water partition coefficient (Wildman–Crippen LogP) is 2.66. The van der Waals surface area contributed by atoms with E-state index in [9.17, 15) is 14.5 Å². The van der Waals surface area contributed by atoms with Crippen LogP contribution >= 0.6 is 0 Å². The van der Waals surface area contributed by atoms with Crippen molar-refractivity contribution in [3.63, 3.8) is 0 Å². The molecule has 22 heavy (non-hydrogen) atoms. The smallest absolute Gasteiger partial charge is 0.328 e. The third-order valence-electron chi connectivity index (χ3n) is 4.27. The molecule has 0 spiro atoms. The number of rotatable bonds is 6. The SMILES string of the molecule is CCN(CC)C1CCN(c2cc(OC)cc(F)c2[N+](=O)[O-])C1. The molecule has 1 aromatic carbocycles. The molecule has 1 aliphatic rings. The van der Waals surface area contributed by atoms with E-state index in [2.05, 4.69) is 18.7 Å². The van der Waals surface area contributed by atoms with Crippen LogP contribution in [0.2, 0.25) is 0 Å². The van der Waals surface area contributed by atoms with Crippen LogP contribution in [0.25, 0.3) is 0 Å². The Hall–Kier alpha value is -1.89. The molecule has 1 atom stereocenters. The maximum Gasteiger partial charge on any atom is 0.328 e. The molecule has 0 saturated carbocycles. The number of hydrogen-bond acceptors (Lipinski definition) is 5. The summed E-state index contributed by atoms with van der Waals surface area (Å²) in [6, 6.07) is 2.94. The first-order chi connectivity index (χ1) is 10.5. The summed E-state index contributed by atoms with van der Waals surface area (Å²) >= 11 is 0. The molecule has 0 amide bonds. The molecule has 1 aliphatic heterocycles. The van der Waals surface area contributed by atoms with Gasteiger partial charge in [-0.05, 0) is 19.5 Å². The summed E-state index contributed by atoms with van der Waals surface area (Å²) in [5.41, 5.74) is -0.169. The quantitative estimate of drug-likeness (QED) is 0.597. The molecule has 122 valence electrons. The molecule has 1 aromatic rings. The van der Waals surface area contributed by atoms with Gasteiger partial charge in [0.15, 0.2) is 0 Å². The normalized spacial score (nSPS) is 18.0. The Balaban J connectivity index is 2.32. The van der Waals surface area contributed by atoms with Gasteiger partial charge in [-0.15, -0.1) is 0 Å². The van der Waals surface area contributed by atoms with Crippen LogP contribution in [0.15, 0.2) is 12.1 Å². The first-order valence-electron chi connectivity index (χ1n) is 7.52. The minimum absolute atomic E-state index is 0.296. The zero-order valence-electron chi connectivity index (χ0n) is 13.2. The number of halogens is 1. The second-order valence-corrected chi connectivity index (χ2v) is 5.34. The van der Waals surface area contributed by atoms with Gasteiger partial charge in [-0.2, -0.15) is 4.39 Å². The summed E-state index contributed by atoms with van der Waals surface area (Å²) in [6.07, 6.45) is 0.914. The van der Waals surface area contributed by atoms with Gasteiger partial charge < -0.3 is 9.64 Å². The zero-order chi connectivity index (χ0) is 16.3. The van der Waals surface area contributed by atoms with Gasteiger partial charge in [-0.3, -0.25) is 15.0 Å². The molecular formula is C15H22FN3O3. The standard InChI is InChI=1S/C15H22FN3O3/c1-4-17(5-2)11-6-7-18(10-11)14-9-12(22-3)8-13(16)15(14)19(20)21/h8-9,11H,4-7,10H2,1-3H3. The van der Waals surface area contributed by atoms with Crippen molar-refractivity contribution in [2.75, 3.05) is 38.2 Å². The second-order valence-electron chi connectivity index (χ2n) is 5.34. The van der Waals surface area contributed by atoms with Crippen molar-refractivity contribution < 1.29 is 14.1 Å². The van der Waals surface area contributed by atoms with E-state index in [1.54, 1.807) is 6.07 Å². The number of hydrogen-bond donors (Lipinski definition) is 0. The first-order valence-corrected chi connectivity index (χ1v) is 7.52. The Morgan fingerprint density at radius 1 is 1.45 bits per heavy atom. The molecule has 6 nitrogen and oxygen atoms in total. The van der Waals surface area contributed by atoms with E-state index in [0.29, 0.717) is 30.6 Å². The van der Waals surface area contributed by atoms with Gasteiger partial charge in [0.2, 0.25) is 5.82 Å². The fraction of sp³-hybridized carbons (Fsp3) is 0.600. The van der Waals surface area contributed by atoms with Crippen LogP contribution in [0.3, 0.4) is 0 Å². The largest absolute Gasteiger partial charge is 0.497 e. The van der Waals surface area contributed by atoms with E-state index in [1.807, 2.05) is 4.90 Å². The first kappa shape index (κ1) is 16.5. The van der Waals surface area contributed by atoms with Crippen molar-refractivity contribution in [1.82, 2.24) is 4.90 Å². The molecule has 0 aliphatic carbocycles. The van der Waals surface area contributed by atoms with Crippen LogP contribution in [0, 0.1) is 15.9 Å². The van der Waals surface area contributed by atoms with Crippen molar-refractivity contribution in [3.05, 3.63) is 28.1 Å². The molecule has 1 heterocycles. The molecule has 0 bridgehead atoms. The lowest BCUT2D eigenvalue weighted by atomic mass is 10.2. The lowest BCUT2D eigenvalue weighted by Crippen LogP contribution is -2.37. The summed E-state index contributed by atoms with van der Waals surface area (Å²) in [5.74, 6) is -0.560. The number of anilines is 1. The highest BCUT2D eigenvalue weighted by atomic mass is 19.1. The van der Waals surface area contributed by atoms with Gasteiger partial charge in [0.1, 0.15) is 11.4 Å². The van der Waals surface area contributed by atoms with E-state index in [4.69, 9.17) is 4.74 Å². The summed E-state index contributed by atoms with van der Waals surface area (Å²) in [7, 11) is 1.42. The highest BCUT2D eigenvalue weighted by Gasteiger charge is 2.32. The van der Waals surface area contributed by atoms with E-state index in [-0.39, 0.29) is 0 Å². The Bertz CT molecular complexity index is 549. The number of benzene rings is 1. The van der Waals surface area contributed by atoms with Gasteiger partial charge in [0.05, 0.1) is 12.0 Å². The lowest BCUT2D eigenvalue weighted by Gasteiger charge is -2.26. The summed E-state index contributed by atoms with van der Waals surface area (Å²) < 4.78 is 19.1. The van der Waals surface area contributed by atoms with Crippen LogP contribution in [0.1, 0.15) is 20.3 Å². The predicted molar refractivity (Wildman–Crippen MR) is 83.1 cm³/mol. The fourth-order valence-corrected chi connectivity index (χ4v) is 3.10. The summed E-state index contributed by atoms with van der Waals surface area (Å²) in [4.78, 5) is 14.8. The zero-order valence-corrected chi connectivity index (χ0v) is 13.2. The van der Waals surface area contributed by atoms with Gasteiger partial charge >= 0.3 is 5.69 Å². The van der Waals surface area contributed by atoms with Crippen LogP contribution in [-0.4, -0.2) is 49.2 Å². The van der Waals surface area contributed by atoms with Crippen molar-refractivity contribution >= 4 is 11.4 Å². The molecule has 2 rings (SSSR count). The molecular weight excluding hydrogens is 289 g/mol. The van der Waals surface area contributed by atoms with Gasteiger partial charge in [0.25, 0.3) is 0 Å². The molecule has 1 saturated heterocycles. The third-order valence-corrected chi connectivity index (χ3v) is 4.27. The van der Waals surface area contributed by atoms with Gasteiger partial charge in [0, 0.05) is 31.3 Å². The molecule has 1 unspecified atom stereocenters. The van der Waals surface area contributed by atoms with Crippen LogP contribution < -0.4 is 9.64 Å². The second kappa shape index (κ2) is 6.91. The average Bonchev–Trinajstić information content (AvgIpc) is 2.96. The third kappa shape index (κ3) is 3.14. The Morgan fingerprint density at radius 3 is 2.68 bits per heavy atom. The van der Waals surface area contributed by atoms with Crippen molar-refractivity contribution in [1.29, 1.82) is 0 Å². The van der Waals surface area contributed by atoms with Crippen LogP contribution in [0.5, 0.6) is 5.75 Å². The number of likely N-dealkylation sites (N-methyl/N-ethyl adjacent to an activating group) is 1. The number of nitro groups is 1. The Kier molecular flexibility index (Phi) is 5.18. The average molecular weight is 311 g/mol.